The standard InChI is InChI=1S/C19H16BrF3N2O4S/c1-24-18(26)16-12-8-13(20)14(25(2)30(3,27)28)9-15(12)29-17(16)10-4-6-11(7-5-10)19(21,22)23/h4-9H,1-3H3,(H,24,26). The first-order valence-corrected chi connectivity index (χ1v) is 11.1. The number of hydrogen-bond donors (Lipinski definition) is 1. The van der Waals surface area contributed by atoms with Crippen LogP contribution in [0.4, 0.5) is 18.9 Å². The minimum absolute atomic E-state index is 0.0733. The second kappa shape index (κ2) is 7.62. The number of carbonyl (C=O) groups excluding carboxylic acids is 1. The SMILES string of the molecule is CNC(=O)c1c(-c2ccc(C(F)(F)F)cc2)oc2cc(N(C)S(C)(=O)=O)c(Br)cc12. The molecule has 3 rings (SSSR count). The molecule has 160 valence electrons. The van der Waals surface area contributed by atoms with Crippen molar-refractivity contribution in [3.8, 4) is 11.3 Å². The molecule has 0 atom stereocenters. The van der Waals surface area contributed by atoms with E-state index in [1.165, 1.54) is 38.4 Å². The van der Waals surface area contributed by atoms with Crippen LogP contribution < -0.4 is 9.62 Å². The number of hydrogen-bond acceptors (Lipinski definition) is 4. The van der Waals surface area contributed by atoms with Gasteiger partial charge in [0.25, 0.3) is 5.91 Å². The van der Waals surface area contributed by atoms with Gasteiger partial charge in [-0.3, -0.25) is 9.10 Å². The van der Waals surface area contributed by atoms with Crippen molar-refractivity contribution in [2.75, 3.05) is 24.7 Å². The van der Waals surface area contributed by atoms with E-state index in [1.54, 1.807) is 0 Å². The Morgan fingerprint density at radius 2 is 1.77 bits per heavy atom. The lowest BCUT2D eigenvalue weighted by molar-refractivity contribution is -0.137. The van der Waals surface area contributed by atoms with E-state index in [9.17, 15) is 26.4 Å². The van der Waals surface area contributed by atoms with E-state index in [-0.39, 0.29) is 28.2 Å². The molecule has 0 bridgehead atoms. The maximum atomic E-state index is 12.9. The van der Waals surface area contributed by atoms with E-state index in [1.807, 2.05) is 0 Å². The van der Waals surface area contributed by atoms with E-state index < -0.39 is 27.7 Å². The summed E-state index contributed by atoms with van der Waals surface area (Å²) in [6, 6.07) is 7.20. The largest absolute Gasteiger partial charge is 0.455 e. The van der Waals surface area contributed by atoms with Crippen molar-refractivity contribution in [2.24, 2.45) is 0 Å². The molecule has 3 aromatic rings. The van der Waals surface area contributed by atoms with Crippen molar-refractivity contribution in [2.45, 2.75) is 6.18 Å². The maximum Gasteiger partial charge on any atom is 0.416 e. The lowest BCUT2D eigenvalue weighted by Gasteiger charge is -2.18. The molecule has 0 saturated heterocycles. The Bertz CT molecular complexity index is 1240. The zero-order valence-corrected chi connectivity index (χ0v) is 18.4. The van der Waals surface area contributed by atoms with Crippen LogP contribution in [0.3, 0.4) is 0 Å². The van der Waals surface area contributed by atoms with Crippen LogP contribution in [0.25, 0.3) is 22.3 Å². The van der Waals surface area contributed by atoms with E-state index in [2.05, 4.69) is 21.2 Å². The van der Waals surface area contributed by atoms with Gasteiger partial charge in [-0.1, -0.05) is 12.1 Å². The number of amides is 1. The van der Waals surface area contributed by atoms with Gasteiger partial charge in [0.2, 0.25) is 10.0 Å². The lowest BCUT2D eigenvalue weighted by Crippen LogP contribution is -2.25. The number of halogens is 4. The summed E-state index contributed by atoms with van der Waals surface area (Å²) in [4.78, 5) is 12.5. The van der Waals surface area contributed by atoms with Gasteiger partial charge in [-0.25, -0.2) is 8.42 Å². The van der Waals surface area contributed by atoms with Crippen LogP contribution in [-0.4, -0.2) is 34.7 Å². The summed E-state index contributed by atoms with van der Waals surface area (Å²) in [6.45, 7) is 0. The first-order chi connectivity index (χ1) is 13.8. The molecule has 1 N–H and O–H groups in total. The van der Waals surface area contributed by atoms with Crippen LogP contribution in [-0.2, 0) is 16.2 Å². The molecule has 11 heteroatoms. The molecule has 0 unspecified atom stereocenters. The Morgan fingerprint density at radius 3 is 2.27 bits per heavy atom. The molecule has 0 spiro atoms. The number of sulfonamides is 1. The third kappa shape index (κ3) is 4.04. The number of nitrogens with zero attached hydrogens (tertiary/aromatic N) is 1. The fourth-order valence-electron chi connectivity index (χ4n) is 2.89. The van der Waals surface area contributed by atoms with E-state index in [0.29, 0.717) is 9.86 Å². The zero-order chi connectivity index (χ0) is 22.4. The molecule has 0 fully saturated rings. The predicted octanol–water partition coefficient (Wildman–Crippen LogP) is 4.64. The van der Waals surface area contributed by atoms with Gasteiger partial charge in [0, 0.05) is 35.6 Å². The minimum Gasteiger partial charge on any atom is -0.455 e. The number of benzene rings is 2. The van der Waals surface area contributed by atoms with Gasteiger partial charge >= 0.3 is 6.18 Å². The number of furan rings is 1. The number of alkyl halides is 3. The van der Waals surface area contributed by atoms with Crippen LogP contribution >= 0.6 is 15.9 Å². The van der Waals surface area contributed by atoms with E-state index in [0.717, 1.165) is 22.7 Å². The summed E-state index contributed by atoms with van der Waals surface area (Å²) in [7, 11) is -0.789. The summed E-state index contributed by atoms with van der Waals surface area (Å²) in [5.74, 6) is -0.427. The van der Waals surface area contributed by atoms with Gasteiger partial charge in [0.05, 0.1) is 23.1 Å². The van der Waals surface area contributed by atoms with Gasteiger partial charge < -0.3 is 9.73 Å². The molecule has 6 nitrogen and oxygen atoms in total. The third-order valence-electron chi connectivity index (χ3n) is 4.52. The van der Waals surface area contributed by atoms with Gasteiger partial charge in [-0.2, -0.15) is 13.2 Å². The highest BCUT2D eigenvalue weighted by Crippen LogP contribution is 2.40. The number of carbonyl (C=O) groups is 1. The Kier molecular flexibility index (Phi) is 5.63. The van der Waals surface area contributed by atoms with Crippen LogP contribution in [0.5, 0.6) is 0 Å². The molecule has 1 heterocycles. The molecule has 0 saturated carbocycles. The maximum absolute atomic E-state index is 12.9. The second-order valence-corrected chi connectivity index (χ2v) is 9.36. The van der Waals surface area contributed by atoms with E-state index in [4.69, 9.17) is 4.42 Å². The van der Waals surface area contributed by atoms with Gasteiger partial charge in [-0.05, 0) is 34.1 Å². The fraction of sp³-hybridized carbons (Fsp3) is 0.211. The van der Waals surface area contributed by atoms with Crippen molar-refractivity contribution < 1.29 is 30.8 Å². The summed E-state index contributed by atoms with van der Waals surface area (Å²) in [6.07, 6.45) is -3.46. The quantitative estimate of drug-likeness (QED) is 0.561. The average molecular weight is 505 g/mol. The van der Waals surface area contributed by atoms with Crippen LogP contribution in [0, 0.1) is 0 Å². The Balaban J connectivity index is 2.25. The molecule has 30 heavy (non-hydrogen) atoms. The van der Waals surface area contributed by atoms with Crippen molar-refractivity contribution in [1.82, 2.24) is 5.32 Å². The first kappa shape index (κ1) is 22.2. The van der Waals surface area contributed by atoms with Crippen molar-refractivity contribution in [1.29, 1.82) is 0 Å². The van der Waals surface area contributed by atoms with Gasteiger partial charge in [0.15, 0.2) is 0 Å². The van der Waals surface area contributed by atoms with Gasteiger partial charge in [-0.15, -0.1) is 0 Å². The van der Waals surface area contributed by atoms with Crippen LogP contribution in [0.1, 0.15) is 15.9 Å². The lowest BCUT2D eigenvalue weighted by atomic mass is 10.0. The monoisotopic (exact) mass is 504 g/mol. The van der Waals surface area contributed by atoms with Crippen molar-refractivity contribution in [3.05, 3.63) is 52.0 Å². The number of rotatable bonds is 4. The first-order valence-electron chi connectivity index (χ1n) is 8.44. The Hall–Kier alpha value is -2.53. The molecular formula is C19H16BrF3N2O4S. The summed E-state index contributed by atoms with van der Waals surface area (Å²) in [5.41, 5.74) is 0.0514. The van der Waals surface area contributed by atoms with Crippen molar-refractivity contribution in [3.63, 3.8) is 0 Å². The smallest absolute Gasteiger partial charge is 0.416 e. The normalized spacial score (nSPS) is 12.2. The summed E-state index contributed by atoms with van der Waals surface area (Å²) >= 11 is 3.31. The molecule has 0 aliphatic carbocycles. The second-order valence-electron chi connectivity index (χ2n) is 6.49. The molecule has 2 aromatic carbocycles. The Labute approximate surface area is 178 Å². The zero-order valence-electron chi connectivity index (χ0n) is 16.0. The average Bonchev–Trinajstić information content (AvgIpc) is 3.03. The van der Waals surface area contributed by atoms with E-state index >= 15 is 0 Å². The molecule has 1 amide bonds. The molecule has 0 aliphatic rings. The molecular weight excluding hydrogens is 489 g/mol. The number of anilines is 1. The highest BCUT2D eigenvalue weighted by molar-refractivity contribution is 9.10. The summed E-state index contributed by atoms with van der Waals surface area (Å²) in [5, 5.41) is 2.86. The topological polar surface area (TPSA) is 79.6 Å². The number of fused-ring (bicyclic) bond motifs is 1. The third-order valence-corrected chi connectivity index (χ3v) is 6.35. The van der Waals surface area contributed by atoms with Crippen molar-refractivity contribution >= 4 is 48.5 Å². The van der Waals surface area contributed by atoms with Crippen LogP contribution in [0.2, 0.25) is 0 Å². The molecule has 0 radical (unpaired) electrons. The molecule has 1 aromatic heterocycles. The predicted molar refractivity (Wildman–Crippen MR) is 111 cm³/mol. The summed E-state index contributed by atoms with van der Waals surface area (Å²) < 4.78 is 69.6. The highest BCUT2D eigenvalue weighted by atomic mass is 79.9. The molecule has 0 aliphatic heterocycles. The van der Waals surface area contributed by atoms with Gasteiger partial charge in [0.1, 0.15) is 11.3 Å². The highest BCUT2D eigenvalue weighted by Gasteiger charge is 2.31. The Morgan fingerprint density at radius 1 is 1.17 bits per heavy atom. The minimum atomic E-state index is -4.49. The fourth-order valence-corrected chi connectivity index (χ4v) is 4.13. The van der Waals surface area contributed by atoms with Crippen LogP contribution in [0.15, 0.2) is 45.3 Å². The number of nitrogens with one attached hydrogen (secondary N) is 1.